The van der Waals surface area contributed by atoms with Gasteiger partial charge in [0.15, 0.2) is 0 Å². The maximum atomic E-state index is 6.01. The number of ether oxygens (including phenoxy) is 1. The van der Waals surface area contributed by atoms with Crippen LogP contribution in [0.15, 0.2) is 30.6 Å². The highest BCUT2D eigenvalue weighted by molar-refractivity contribution is 5.37. The Bertz CT molecular complexity index is 585. The van der Waals surface area contributed by atoms with Gasteiger partial charge >= 0.3 is 0 Å². The number of nitrogens with two attached hydrogens (primary N) is 1. The normalized spacial score (nSPS) is 18.6. The van der Waals surface area contributed by atoms with Crippen LogP contribution in [-0.4, -0.2) is 26.9 Å². The molecule has 3 N–H and O–H groups in total. The van der Waals surface area contributed by atoms with Gasteiger partial charge in [-0.2, -0.15) is 5.10 Å². The topological polar surface area (TPSA) is 78.0 Å². The van der Waals surface area contributed by atoms with Crippen LogP contribution in [0.1, 0.15) is 31.3 Å². The van der Waals surface area contributed by atoms with Crippen LogP contribution in [-0.2, 0) is 12.8 Å². The molecular weight excluding hydrogens is 266 g/mol. The predicted octanol–water partition coefficient (Wildman–Crippen LogP) is 1.24. The van der Waals surface area contributed by atoms with Crippen LogP contribution in [0.5, 0.6) is 5.75 Å². The summed E-state index contributed by atoms with van der Waals surface area (Å²) in [5.74, 6) is 7.62. The van der Waals surface area contributed by atoms with Gasteiger partial charge in [-0.1, -0.05) is 18.2 Å². The molecular formula is C15H21N5O. The molecule has 0 amide bonds. The second-order valence-corrected chi connectivity index (χ2v) is 5.66. The summed E-state index contributed by atoms with van der Waals surface area (Å²) in [4.78, 5) is 4.35. The van der Waals surface area contributed by atoms with Crippen molar-refractivity contribution in [2.24, 2.45) is 5.84 Å². The molecule has 2 heterocycles. The summed E-state index contributed by atoms with van der Waals surface area (Å²) >= 11 is 0. The number of hydrogen-bond acceptors (Lipinski definition) is 5. The Kier molecular flexibility index (Phi) is 3.90. The first kappa shape index (κ1) is 14.0. The average molecular weight is 287 g/mol. The predicted molar refractivity (Wildman–Crippen MR) is 79.8 cm³/mol. The third-order valence-corrected chi connectivity index (χ3v) is 3.87. The minimum Gasteiger partial charge on any atom is -0.488 e. The maximum absolute atomic E-state index is 6.01. The minimum atomic E-state index is -0.000833. The molecule has 1 aliphatic rings. The Labute approximate surface area is 124 Å². The summed E-state index contributed by atoms with van der Waals surface area (Å²) in [5.41, 5.74) is 4.11. The highest BCUT2D eigenvalue weighted by Gasteiger charge is 2.30. The number of hydrogen-bond donors (Lipinski definition) is 2. The fraction of sp³-hybridized carbons (Fsp3) is 0.467. The lowest BCUT2D eigenvalue weighted by atomic mass is 10.0. The number of rotatable bonds is 5. The zero-order valence-corrected chi connectivity index (χ0v) is 12.4. The third kappa shape index (κ3) is 2.77. The third-order valence-electron chi connectivity index (χ3n) is 3.87. The van der Waals surface area contributed by atoms with Crippen molar-refractivity contribution in [3.05, 3.63) is 42.0 Å². The molecule has 2 unspecified atom stereocenters. The molecule has 1 aromatic carbocycles. The first-order valence-electron chi connectivity index (χ1n) is 7.28. The minimum absolute atomic E-state index is 0.000833. The van der Waals surface area contributed by atoms with Crippen molar-refractivity contribution in [2.45, 2.75) is 44.9 Å². The first-order valence-corrected chi connectivity index (χ1v) is 7.28. The lowest BCUT2D eigenvalue weighted by molar-refractivity contribution is 0.175. The lowest BCUT2D eigenvalue weighted by Crippen LogP contribution is -2.48. The van der Waals surface area contributed by atoms with Gasteiger partial charge in [0, 0.05) is 18.9 Å². The van der Waals surface area contributed by atoms with Gasteiger partial charge in [0.1, 0.15) is 24.0 Å². The number of hydrazine groups is 1. The molecule has 0 saturated carbocycles. The van der Waals surface area contributed by atoms with E-state index < -0.39 is 0 Å². The van der Waals surface area contributed by atoms with Crippen molar-refractivity contribution >= 4 is 0 Å². The summed E-state index contributed by atoms with van der Waals surface area (Å²) in [5, 5.41) is 4.27. The van der Waals surface area contributed by atoms with Crippen LogP contribution in [0.3, 0.4) is 0 Å². The van der Waals surface area contributed by atoms with Crippen LogP contribution in [0.2, 0.25) is 0 Å². The second kappa shape index (κ2) is 5.83. The fourth-order valence-electron chi connectivity index (χ4n) is 2.78. The Morgan fingerprint density at radius 3 is 2.95 bits per heavy atom. The van der Waals surface area contributed by atoms with E-state index >= 15 is 0 Å². The fourth-order valence-corrected chi connectivity index (χ4v) is 2.78. The number of nitrogens with one attached hydrogen (secondary N) is 1. The van der Waals surface area contributed by atoms with Crippen molar-refractivity contribution in [1.82, 2.24) is 20.2 Å². The Balaban J connectivity index is 1.74. The molecule has 1 aliphatic heterocycles. The van der Waals surface area contributed by atoms with Crippen LogP contribution in [0, 0.1) is 0 Å². The molecule has 3 rings (SSSR count). The molecule has 0 aliphatic carbocycles. The summed E-state index contributed by atoms with van der Waals surface area (Å²) in [6.45, 7) is 4.18. The summed E-state index contributed by atoms with van der Waals surface area (Å²) in [7, 11) is 0. The highest BCUT2D eigenvalue weighted by atomic mass is 16.5. The quantitative estimate of drug-likeness (QED) is 0.639. The van der Waals surface area contributed by atoms with E-state index in [-0.39, 0.29) is 18.2 Å². The standard InChI is InChI=1S/C15H21N5O/c1-10(2)20-15(17-9-18-20)8-12(19-16)14-7-11-5-3-4-6-13(11)21-14/h3-6,9-10,12,14,19H,7-8,16H2,1-2H3. The Morgan fingerprint density at radius 2 is 2.24 bits per heavy atom. The zero-order chi connectivity index (χ0) is 14.8. The van der Waals surface area contributed by atoms with E-state index in [9.17, 15) is 0 Å². The molecule has 112 valence electrons. The Morgan fingerprint density at radius 1 is 1.43 bits per heavy atom. The summed E-state index contributed by atoms with van der Waals surface area (Å²) in [6, 6.07) is 8.40. The second-order valence-electron chi connectivity index (χ2n) is 5.66. The van der Waals surface area contributed by atoms with Gasteiger partial charge in [-0.15, -0.1) is 0 Å². The van der Waals surface area contributed by atoms with E-state index in [4.69, 9.17) is 10.6 Å². The molecule has 6 heteroatoms. The van der Waals surface area contributed by atoms with Crippen molar-refractivity contribution in [2.75, 3.05) is 0 Å². The monoisotopic (exact) mass is 287 g/mol. The van der Waals surface area contributed by atoms with Crippen LogP contribution >= 0.6 is 0 Å². The van der Waals surface area contributed by atoms with Gasteiger partial charge in [-0.05, 0) is 25.5 Å². The number of fused-ring (bicyclic) bond motifs is 1. The van der Waals surface area contributed by atoms with E-state index in [1.54, 1.807) is 6.33 Å². The molecule has 1 aromatic heterocycles. The zero-order valence-electron chi connectivity index (χ0n) is 12.4. The molecule has 6 nitrogen and oxygen atoms in total. The van der Waals surface area contributed by atoms with Gasteiger partial charge in [0.05, 0.1) is 6.04 Å². The molecule has 0 bridgehead atoms. The molecule has 0 fully saturated rings. The highest BCUT2D eigenvalue weighted by Crippen LogP contribution is 2.30. The smallest absolute Gasteiger partial charge is 0.138 e. The van der Waals surface area contributed by atoms with Crippen LogP contribution < -0.4 is 16.0 Å². The molecule has 2 atom stereocenters. The van der Waals surface area contributed by atoms with E-state index in [2.05, 4.69) is 35.4 Å². The first-order chi connectivity index (χ1) is 10.2. The molecule has 21 heavy (non-hydrogen) atoms. The van der Waals surface area contributed by atoms with Crippen molar-refractivity contribution in [3.8, 4) is 5.75 Å². The number of benzene rings is 1. The maximum Gasteiger partial charge on any atom is 0.138 e. The SMILES string of the molecule is CC(C)n1ncnc1CC(NN)C1Cc2ccccc2O1. The lowest BCUT2D eigenvalue weighted by Gasteiger charge is -2.22. The largest absolute Gasteiger partial charge is 0.488 e. The average Bonchev–Trinajstić information content (AvgIpc) is 3.10. The number of aromatic nitrogens is 3. The van der Waals surface area contributed by atoms with Gasteiger partial charge in [0.25, 0.3) is 0 Å². The van der Waals surface area contributed by atoms with Gasteiger partial charge in [-0.25, -0.2) is 9.67 Å². The molecule has 0 spiro atoms. The van der Waals surface area contributed by atoms with Crippen molar-refractivity contribution in [3.63, 3.8) is 0 Å². The Hall–Kier alpha value is -1.92. The van der Waals surface area contributed by atoms with Gasteiger partial charge in [0.2, 0.25) is 0 Å². The summed E-state index contributed by atoms with van der Waals surface area (Å²) in [6.07, 6.45) is 3.16. The molecule has 2 aromatic rings. The van der Waals surface area contributed by atoms with E-state index in [0.29, 0.717) is 6.42 Å². The van der Waals surface area contributed by atoms with Gasteiger partial charge < -0.3 is 4.74 Å². The van der Waals surface area contributed by atoms with Crippen molar-refractivity contribution < 1.29 is 4.74 Å². The van der Waals surface area contributed by atoms with Gasteiger partial charge in [-0.3, -0.25) is 11.3 Å². The van der Waals surface area contributed by atoms with Crippen molar-refractivity contribution in [1.29, 1.82) is 0 Å². The van der Waals surface area contributed by atoms with E-state index in [1.165, 1.54) is 5.56 Å². The van der Waals surface area contributed by atoms with Crippen LogP contribution in [0.4, 0.5) is 0 Å². The number of para-hydroxylation sites is 1. The number of nitrogens with zero attached hydrogens (tertiary/aromatic N) is 3. The molecule has 0 radical (unpaired) electrons. The van der Waals surface area contributed by atoms with E-state index in [1.807, 2.05) is 22.9 Å². The van der Waals surface area contributed by atoms with E-state index in [0.717, 1.165) is 18.0 Å². The summed E-state index contributed by atoms with van der Waals surface area (Å²) < 4.78 is 7.93. The van der Waals surface area contributed by atoms with Crippen LogP contribution in [0.25, 0.3) is 0 Å². The molecule has 0 saturated heterocycles.